The molecule has 2 bridgehead atoms. The Kier molecular flexibility index (Phi) is 3.39. The van der Waals surface area contributed by atoms with Crippen molar-refractivity contribution in [2.75, 3.05) is 12.4 Å². The molecule has 5 heteroatoms. The first-order valence-corrected chi connectivity index (χ1v) is 7.08. The second-order valence-electron chi connectivity index (χ2n) is 5.46. The predicted molar refractivity (Wildman–Crippen MR) is 72.9 cm³/mol. The van der Waals surface area contributed by atoms with Crippen molar-refractivity contribution in [1.29, 1.82) is 0 Å². The SMILES string of the molecule is CN1C2CCCC1CC(Nc1ccc(Cl)nn1)C2. The fraction of sp³-hybridized carbons (Fsp3) is 0.692. The van der Waals surface area contributed by atoms with Gasteiger partial charge in [0.25, 0.3) is 0 Å². The van der Waals surface area contributed by atoms with Crippen LogP contribution in [0, 0.1) is 0 Å². The van der Waals surface area contributed by atoms with E-state index in [2.05, 4.69) is 27.5 Å². The zero-order valence-corrected chi connectivity index (χ0v) is 11.4. The predicted octanol–water partition coefficient (Wildman–Crippen LogP) is 2.56. The van der Waals surface area contributed by atoms with Gasteiger partial charge in [0.05, 0.1) is 0 Å². The zero-order chi connectivity index (χ0) is 12.5. The molecule has 0 aliphatic carbocycles. The summed E-state index contributed by atoms with van der Waals surface area (Å²) in [5.74, 6) is 0.840. The van der Waals surface area contributed by atoms with Crippen LogP contribution in [-0.2, 0) is 0 Å². The number of hydrogen-bond donors (Lipinski definition) is 1. The first-order chi connectivity index (χ1) is 8.72. The molecule has 3 heterocycles. The molecule has 2 unspecified atom stereocenters. The van der Waals surface area contributed by atoms with E-state index >= 15 is 0 Å². The summed E-state index contributed by atoms with van der Waals surface area (Å²) >= 11 is 5.74. The lowest BCUT2D eigenvalue weighted by atomic mass is 9.82. The molecule has 98 valence electrons. The Balaban J connectivity index is 1.66. The van der Waals surface area contributed by atoms with Gasteiger partial charge in [-0.2, -0.15) is 0 Å². The number of fused-ring (bicyclic) bond motifs is 2. The number of halogens is 1. The highest BCUT2D eigenvalue weighted by atomic mass is 35.5. The summed E-state index contributed by atoms with van der Waals surface area (Å²) in [4.78, 5) is 2.56. The van der Waals surface area contributed by atoms with Crippen LogP contribution in [0.2, 0.25) is 5.15 Å². The van der Waals surface area contributed by atoms with Gasteiger partial charge in [-0.3, -0.25) is 0 Å². The Morgan fingerprint density at radius 3 is 2.56 bits per heavy atom. The third kappa shape index (κ3) is 2.45. The minimum Gasteiger partial charge on any atom is -0.366 e. The number of piperidine rings is 2. The van der Waals surface area contributed by atoms with Gasteiger partial charge in [-0.1, -0.05) is 18.0 Å². The molecule has 0 saturated carbocycles. The van der Waals surface area contributed by atoms with Gasteiger partial charge in [0.2, 0.25) is 0 Å². The molecule has 3 rings (SSSR count). The Labute approximate surface area is 113 Å². The maximum Gasteiger partial charge on any atom is 0.151 e. The molecule has 1 aromatic heterocycles. The van der Waals surface area contributed by atoms with E-state index in [1.165, 1.54) is 32.1 Å². The third-order valence-corrected chi connectivity index (χ3v) is 4.53. The summed E-state index contributed by atoms with van der Waals surface area (Å²) in [5, 5.41) is 11.9. The first kappa shape index (κ1) is 12.2. The summed E-state index contributed by atoms with van der Waals surface area (Å²) in [6, 6.07) is 5.67. The molecule has 1 aromatic rings. The van der Waals surface area contributed by atoms with Gasteiger partial charge in [0.15, 0.2) is 5.15 Å². The second-order valence-corrected chi connectivity index (χ2v) is 5.85. The van der Waals surface area contributed by atoms with Gasteiger partial charge < -0.3 is 10.2 Å². The van der Waals surface area contributed by atoms with E-state index in [0.717, 1.165) is 17.9 Å². The standard InChI is InChI=1S/C13H19ClN4/c1-18-10-3-2-4-11(18)8-9(7-10)15-13-6-5-12(14)16-17-13/h5-6,9-11H,2-4,7-8H2,1H3,(H,15,17). The molecular formula is C13H19ClN4. The molecule has 2 aliphatic rings. The number of anilines is 1. The first-order valence-electron chi connectivity index (χ1n) is 6.70. The second kappa shape index (κ2) is 5.02. The molecule has 0 aromatic carbocycles. The van der Waals surface area contributed by atoms with Gasteiger partial charge in [-0.15, -0.1) is 10.2 Å². The van der Waals surface area contributed by atoms with E-state index < -0.39 is 0 Å². The van der Waals surface area contributed by atoms with E-state index in [1.54, 1.807) is 6.07 Å². The van der Waals surface area contributed by atoms with Crippen molar-refractivity contribution in [3.8, 4) is 0 Å². The Morgan fingerprint density at radius 2 is 1.94 bits per heavy atom. The van der Waals surface area contributed by atoms with Crippen LogP contribution in [0.3, 0.4) is 0 Å². The van der Waals surface area contributed by atoms with Crippen molar-refractivity contribution >= 4 is 17.4 Å². The monoisotopic (exact) mass is 266 g/mol. The van der Waals surface area contributed by atoms with Crippen molar-refractivity contribution in [1.82, 2.24) is 15.1 Å². The quantitative estimate of drug-likeness (QED) is 0.893. The minimum absolute atomic E-state index is 0.445. The van der Waals surface area contributed by atoms with Crippen LogP contribution in [0.15, 0.2) is 12.1 Å². The smallest absolute Gasteiger partial charge is 0.151 e. The largest absolute Gasteiger partial charge is 0.366 e. The molecular weight excluding hydrogens is 248 g/mol. The molecule has 18 heavy (non-hydrogen) atoms. The topological polar surface area (TPSA) is 41.0 Å². The van der Waals surface area contributed by atoms with Crippen molar-refractivity contribution in [2.45, 2.75) is 50.2 Å². The van der Waals surface area contributed by atoms with Crippen molar-refractivity contribution in [3.05, 3.63) is 17.3 Å². The van der Waals surface area contributed by atoms with Gasteiger partial charge in [-0.05, 0) is 44.9 Å². The highest BCUT2D eigenvalue weighted by Crippen LogP contribution is 2.33. The summed E-state index contributed by atoms with van der Waals surface area (Å²) in [6.07, 6.45) is 6.46. The molecule has 1 N–H and O–H groups in total. The normalized spacial score (nSPS) is 32.2. The van der Waals surface area contributed by atoms with E-state index in [1.807, 2.05) is 6.07 Å². The van der Waals surface area contributed by atoms with Crippen LogP contribution in [-0.4, -0.2) is 40.3 Å². The Hall–Kier alpha value is -0.870. The fourth-order valence-corrected chi connectivity index (χ4v) is 3.44. The van der Waals surface area contributed by atoms with E-state index in [0.29, 0.717) is 11.2 Å². The van der Waals surface area contributed by atoms with E-state index in [-0.39, 0.29) is 0 Å². The third-order valence-electron chi connectivity index (χ3n) is 4.32. The maximum atomic E-state index is 5.74. The van der Waals surface area contributed by atoms with Crippen molar-refractivity contribution < 1.29 is 0 Å². The summed E-state index contributed by atoms with van der Waals surface area (Å²) < 4.78 is 0. The van der Waals surface area contributed by atoms with E-state index in [9.17, 15) is 0 Å². The average Bonchev–Trinajstić information content (AvgIpc) is 2.33. The number of hydrogen-bond acceptors (Lipinski definition) is 4. The van der Waals surface area contributed by atoms with Crippen LogP contribution in [0.5, 0.6) is 0 Å². The Morgan fingerprint density at radius 1 is 1.22 bits per heavy atom. The van der Waals surface area contributed by atoms with Crippen LogP contribution < -0.4 is 5.32 Å². The molecule has 2 saturated heterocycles. The molecule has 2 fully saturated rings. The molecule has 2 atom stereocenters. The lowest BCUT2D eigenvalue weighted by Gasteiger charge is -2.47. The number of nitrogens with one attached hydrogen (secondary N) is 1. The van der Waals surface area contributed by atoms with Gasteiger partial charge in [0.1, 0.15) is 5.82 Å². The van der Waals surface area contributed by atoms with E-state index in [4.69, 9.17) is 11.6 Å². The van der Waals surface area contributed by atoms with Crippen LogP contribution >= 0.6 is 11.6 Å². The van der Waals surface area contributed by atoms with Gasteiger partial charge in [-0.25, -0.2) is 0 Å². The van der Waals surface area contributed by atoms with Crippen LogP contribution in [0.4, 0.5) is 5.82 Å². The van der Waals surface area contributed by atoms with Crippen molar-refractivity contribution in [3.63, 3.8) is 0 Å². The summed E-state index contributed by atoms with van der Waals surface area (Å²) in [5.41, 5.74) is 0. The molecule has 0 spiro atoms. The number of nitrogens with zero attached hydrogens (tertiary/aromatic N) is 3. The molecule has 4 nitrogen and oxygen atoms in total. The highest BCUT2D eigenvalue weighted by Gasteiger charge is 2.35. The number of aromatic nitrogens is 2. The Bertz CT molecular complexity index is 394. The minimum atomic E-state index is 0.445. The molecule has 0 radical (unpaired) electrons. The van der Waals surface area contributed by atoms with Gasteiger partial charge >= 0.3 is 0 Å². The summed E-state index contributed by atoms with van der Waals surface area (Å²) in [7, 11) is 2.27. The molecule has 2 aliphatic heterocycles. The van der Waals surface area contributed by atoms with Crippen LogP contribution in [0.1, 0.15) is 32.1 Å². The fourth-order valence-electron chi connectivity index (χ4n) is 3.34. The average molecular weight is 267 g/mol. The van der Waals surface area contributed by atoms with Crippen molar-refractivity contribution in [2.24, 2.45) is 0 Å². The number of rotatable bonds is 2. The maximum absolute atomic E-state index is 5.74. The van der Waals surface area contributed by atoms with Gasteiger partial charge in [0, 0.05) is 18.1 Å². The lowest BCUT2D eigenvalue weighted by molar-refractivity contribution is 0.0608. The zero-order valence-electron chi connectivity index (χ0n) is 10.6. The lowest BCUT2D eigenvalue weighted by Crippen LogP contribution is -2.52. The molecule has 0 amide bonds. The summed E-state index contributed by atoms with van der Waals surface area (Å²) in [6.45, 7) is 0. The van der Waals surface area contributed by atoms with Crippen LogP contribution in [0.25, 0.3) is 0 Å². The highest BCUT2D eigenvalue weighted by molar-refractivity contribution is 6.29.